The average molecular weight is 452 g/mol. The monoisotopic (exact) mass is 451 g/mol. The summed E-state index contributed by atoms with van der Waals surface area (Å²) in [5, 5.41) is 14.4. The van der Waals surface area contributed by atoms with Crippen LogP contribution in [0, 0.1) is 6.92 Å². The molecule has 7 heteroatoms. The first-order chi connectivity index (χ1) is 15.9. The molecule has 1 aromatic heterocycles. The molecule has 1 saturated carbocycles. The Morgan fingerprint density at radius 2 is 1.91 bits per heavy atom. The summed E-state index contributed by atoms with van der Waals surface area (Å²) in [6.07, 6.45) is 3.56. The van der Waals surface area contributed by atoms with E-state index in [0.29, 0.717) is 12.2 Å². The van der Waals surface area contributed by atoms with Crippen molar-refractivity contribution in [1.29, 1.82) is 0 Å². The van der Waals surface area contributed by atoms with Crippen LogP contribution in [0.1, 0.15) is 67.0 Å². The molecule has 2 atom stereocenters. The number of benzene rings is 2. The number of methoxy groups -OCH3 is 1. The Balaban J connectivity index is 1.71. The fourth-order valence-corrected chi connectivity index (χ4v) is 4.92. The molecule has 2 aromatic carbocycles. The van der Waals surface area contributed by atoms with Gasteiger partial charge in [0.15, 0.2) is 0 Å². The number of aryl methyl sites for hydroxylation is 2. The van der Waals surface area contributed by atoms with Crippen LogP contribution < -0.4 is 11.0 Å². The highest BCUT2D eigenvalue weighted by atomic mass is 16.5. The number of imidazole rings is 1. The van der Waals surface area contributed by atoms with E-state index in [-0.39, 0.29) is 24.1 Å². The van der Waals surface area contributed by atoms with Gasteiger partial charge in [0.1, 0.15) is 6.10 Å². The van der Waals surface area contributed by atoms with Gasteiger partial charge in [-0.25, -0.2) is 4.79 Å². The number of rotatable bonds is 8. The fraction of sp³-hybridized carbons (Fsp3) is 0.462. The Bertz CT molecular complexity index is 1190. The summed E-state index contributed by atoms with van der Waals surface area (Å²) in [6.45, 7) is 2.29. The van der Waals surface area contributed by atoms with Gasteiger partial charge < -0.3 is 15.2 Å². The number of nitrogens with zero attached hydrogens (tertiary/aromatic N) is 2. The van der Waals surface area contributed by atoms with E-state index < -0.39 is 12.1 Å². The van der Waals surface area contributed by atoms with Gasteiger partial charge in [0.2, 0.25) is 5.91 Å². The van der Waals surface area contributed by atoms with Gasteiger partial charge in [-0.2, -0.15) is 0 Å². The van der Waals surface area contributed by atoms with Crippen LogP contribution in [0.3, 0.4) is 0 Å². The van der Waals surface area contributed by atoms with Crippen molar-refractivity contribution < 1.29 is 14.6 Å². The van der Waals surface area contributed by atoms with Gasteiger partial charge in [-0.15, -0.1) is 0 Å². The molecule has 33 heavy (non-hydrogen) atoms. The molecule has 1 amide bonds. The Labute approximate surface area is 194 Å². The molecule has 2 N–H and O–H groups in total. The molecule has 0 saturated heterocycles. The highest BCUT2D eigenvalue weighted by molar-refractivity contribution is 5.78. The van der Waals surface area contributed by atoms with Gasteiger partial charge in [-0.3, -0.25) is 13.9 Å². The fourth-order valence-electron chi connectivity index (χ4n) is 4.92. The number of carbonyl (C=O) groups is 1. The van der Waals surface area contributed by atoms with Gasteiger partial charge in [-0.1, -0.05) is 48.7 Å². The molecule has 0 aliphatic heterocycles. The Morgan fingerprint density at radius 3 is 2.61 bits per heavy atom. The number of nitrogens with one attached hydrogen (secondary N) is 1. The third-order valence-electron chi connectivity index (χ3n) is 6.71. The summed E-state index contributed by atoms with van der Waals surface area (Å²) in [4.78, 5) is 25.5. The lowest BCUT2D eigenvalue weighted by atomic mass is 9.94. The Morgan fingerprint density at radius 1 is 1.15 bits per heavy atom. The summed E-state index contributed by atoms with van der Waals surface area (Å²) in [5.41, 5.74) is 4.18. The van der Waals surface area contributed by atoms with E-state index >= 15 is 0 Å². The SMILES string of the molecule is COCCC(=O)NC(c1cccc(C)c1)C(O)c1ccc2c(c1)n(C)c(=O)n2C1CCCC1. The van der Waals surface area contributed by atoms with E-state index in [9.17, 15) is 14.7 Å². The van der Waals surface area contributed by atoms with E-state index in [1.807, 2.05) is 54.0 Å². The van der Waals surface area contributed by atoms with Crippen LogP contribution in [-0.4, -0.2) is 33.9 Å². The number of amides is 1. The minimum Gasteiger partial charge on any atom is -0.386 e. The molecule has 0 spiro atoms. The number of aliphatic hydroxyl groups excluding tert-OH is 1. The number of hydrogen-bond donors (Lipinski definition) is 2. The van der Waals surface area contributed by atoms with Crippen molar-refractivity contribution in [1.82, 2.24) is 14.5 Å². The summed E-state index contributed by atoms with van der Waals surface area (Å²) < 4.78 is 8.58. The summed E-state index contributed by atoms with van der Waals surface area (Å²) >= 11 is 0. The molecule has 2 unspecified atom stereocenters. The van der Waals surface area contributed by atoms with Crippen molar-refractivity contribution in [2.24, 2.45) is 7.05 Å². The summed E-state index contributed by atoms with van der Waals surface area (Å²) in [7, 11) is 3.33. The Hall–Kier alpha value is -2.90. The van der Waals surface area contributed by atoms with Crippen LogP contribution >= 0.6 is 0 Å². The van der Waals surface area contributed by atoms with Crippen molar-refractivity contribution in [3.8, 4) is 0 Å². The standard InChI is InChI=1S/C26H33N3O4/c1-17-7-6-8-18(15-17)24(27-23(30)13-14-33-3)25(31)19-11-12-21-22(16-19)28(2)26(32)29(21)20-9-4-5-10-20/h6-8,11-12,15-16,20,24-25,31H,4-5,9-10,13-14H2,1-3H3,(H,27,30). The van der Waals surface area contributed by atoms with Crippen LogP contribution in [0.25, 0.3) is 11.0 Å². The minimum absolute atomic E-state index is 0.0216. The van der Waals surface area contributed by atoms with Crippen molar-refractivity contribution in [2.75, 3.05) is 13.7 Å². The molecular weight excluding hydrogens is 418 g/mol. The maximum Gasteiger partial charge on any atom is 0.329 e. The molecule has 3 aromatic rings. The van der Waals surface area contributed by atoms with Crippen LogP contribution in [-0.2, 0) is 16.6 Å². The zero-order chi connectivity index (χ0) is 23.5. The summed E-state index contributed by atoms with van der Waals surface area (Å²) in [5.74, 6) is -0.191. The van der Waals surface area contributed by atoms with Gasteiger partial charge >= 0.3 is 5.69 Å². The maximum atomic E-state index is 13.0. The number of aliphatic hydroxyl groups is 1. The zero-order valence-electron chi connectivity index (χ0n) is 19.6. The van der Waals surface area contributed by atoms with E-state index in [2.05, 4.69) is 5.32 Å². The molecule has 7 nitrogen and oxygen atoms in total. The maximum absolute atomic E-state index is 13.0. The topological polar surface area (TPSA) is 85.5 Å². The van der Waals surface area contributed by atoms with Crippen molar-refractivity contribution in [2.45, 2.75) is 57.2 Å². The van der Waals surface area contributed by atoms with E-state index in [4.69, 9.17) is 4.74 Å². The molecule has 1 fully saturated rings. The van der Waals surface area contributed by atoms with Crippen molar-refractivity contribution >= 4 is 16.9 Å². The Kier molecular flexibility index (Phi) is 7.00. The minimum atomic E-state index is -0.979. The van der Waals surface area contributed by atoms with Crippen LogP contribution in [0.15, 0.2) is 47.3 Å². The van der Waals surface area contributed by atoms with Gasteiger partial charge in [-0.05, 0) is 43.0 Å². The van der Waals surface area contributed by atoms with Crippen LogP contribution in [0.2, 0.25) is 0 Å². The second-order valence-electron chi connectivity index (χ2n) is 9.04. The third-order valence-corrected chi connectivity index (χ3v) is 6.71. The zero-order valence-corrected chi connectivity index (χ0v) is 19.6. The van der Waals surface area contributed by atoms with Crippen LogP contribution in [0.4, 0.5) is 0 Å². The van der Waals surface area contributed by atoms with Gasteiger partial charge in [0.25, 0.3) is 0 Å². The quantitative estimate of drug-likeness (QED) is 0.547. The van der Waals surface area contributed by atoms with Gasteiger partial charge in [0.05, 0.1) is 23.7 Å². The summed E-state index contributed by atoms with van der Waals surface area (Å²) in [6, 6.07) is 13.0. The van der Waals surface area contributed by atoms with Crippen molar-refractivity contribution in [3.05, 3.63) is 69.6 Å². The third kappa shape index (κ3) is 4.75. The number of hydrogen-bond acceptors (Lipinski definition) is 4. The average Bonchev–Trinajstić information content (AvgIpc) is 3.42. The molecule has 176 valence electrons. The first-order valence-corrected chi connectivity index (χ1v) is 11.6. The molecule has 4 rings (SSSR count). The highest BCUT2D eigenvalue weighted by Gasteiger charge is 2.27. The predicted octanol–water partition coefficient (Wildman–Crippen LogP) is 3.69. The highest BCUT2D eigenvalue weighted by Crippen LogP contribution is 2.34. The normalized spacial score (nSPS) is 16.2. The molecule has 1 heterocycles. The van der Waals surface area contributed by atoms with E-state index in [1.54, 1.807) is 18.7 Å². The number of carbonyl (C=O) groups excluding carboxylic acids is 1. The lowest BCUT2D eigenvalue weighted by molar-refractivity contribution is -0.123. The lowest BCUT2D eigenvalue weighted by Crippen LogP contribution is -2.33. The molecule has 1 aliphatic carbocycles. The first-order valence-electron chi connectivity index (χ1n) is 11.6. The first kappa shape index (κ1) is 23.3. The van der Waals surface area contributed by atoms with E-state index in [0.717, 1.165) is 47.8 Å². The molecule has 1 aliphatic rings. The number of ether oxygens (including phenoxy) is 1. The van der Waals surface area contributed by atoms with Crippen molar-refractivity contribution in [3.63, 3.8) is 0 Å². The van der Waals surface area contributed by atoms with Gasteiger partial charge in [0, 0.05) is 26.6 Å². The largest absolute Gasteiger partial charge is 0.386 e. The van der Waals surface area contributed by atoms with Crippen LogP contribution in [0.5, 0.6) is 0 Å². The molecular formula is C26H33N3O4. The lowest BCUT2D eigenvalue weighted by Gasteiger charge is -2.25. The molecule has 0 bridgehead atoms. The second kappa shape index (κ2) is 9.93. The molecule has 0 radical (unpaired) electrons. The predicted molar refractivity (Wildman–Crippen MR) is 128 cm³/mol. The smallest absolute Gasteiger partial charge is 0.329 e. The number of fused-ring (bicyclic) bond motifs is 1. The van der Waals surface area contributed by atoms with E-state index in [1.165, 1.54) is 0 Å². The number of aromatic nitrogens is 2. The second-order valence-corrected chi connectivity index (χ2v) is 9.04.